The van der Waals surface area contributed by atoms with Crippen LogP contribution in [0.2, 0.25) is 0 Å². The molecule has 0 unspecified atom stereocenters. The summed E-state index contributed by atoms with van der Waals surface area (Å²) in [5.41, 5.74) is 8.78. The maximum Gasteiger partial charge on any atom is 0.0373 e. The van der Waals surface area contributed by atoms with Gasteiger partial charge in [-0.15, -0.1) is 0 Å². The predicted octanol–water partition coefficient (Wildman–Crippen LogP) is 2.35. The Morgan fingerprint density at radius 1 is 1.29 bits per heavy atom. The van der Waals surface area contributed by atoms with Gasteiger partial charge in [-0.2, -0.15) is 0 Å². The van der Waals surface area contributed by atoms with Crippen LogP contribution in [0.3, 0.4) is 0 Å². The fraction of sp³-hybridized carbons (Fsp3) is 0.500. The van der Waals surface area contributed by atoms with Crippen LogP contribution in [0.5, 0.6) is 0 Å². The normalized spacial score (nSPS) is 12.9. The molecule has 1 aliphatic heterocycles. The molecule has 3 N–H and O–H groups in total. The summed E-state index contributed by atoms with van der Waals surface area (Å²) in [6.45, 7) is 5.59. The highest BCUT2D eigenvalue weighted by molar-refractivity contribution is 5.56. The van der Waals surface area contributed by atoms with Gasteiger partial charge in [-0.1, -0.05) is 26.0 Å². The average molecular weight is 192 g/mol. The van der Waals surface area contributed by atoms with E-state index in [1.807, 2.05) is 0 Å². The summed E-state index contributed by atoms with van der Waals surface area (Å²) in [6, 6.07) is 6.76. The minimum Gasteiger partial charge on any atom is -0.384 e. The third-order valence-electron chi connectivity index (χ3n) is 2.51. The molecule has 0 fully saturated rings. The zero-order valence-corrected chi connectivity index (χ0v) is 9.30. The minimum absolute atomic E-state index is 0.649. The molecule has 2 rings (SSSR count). The van der Waals surface area contributed by atoms with Gasteiger partial charge < -0.3 is 11.1 Å². The first-order chi connectivity index (χ1) is 6.77. The largest absolute Gasteiger partial charge is 0.384 e. The quantitative estimate of drug-likeness (QED) is 0.717. The molecule has 0 aliphatic carbocycles. The summed E-state index contributed by atoms with van der Waals surface area (Å²) >= 11 is 0. The van der Waals surface area contributed by atoms with Gasteiger partial charge in [0, 0.05) is 12.2 Å². The fourth-order valence-electron chi connectivity index (χ4n) is 1.68. The summed E-state index contributed by atoms with van der Waals surface area (Å²) in [5, 5.41) is 3.37. The topological polar surface area (TPSA) is 38.0 Å². The maximum atomic E-state index is 4.50. The van der Waals surface area contributed by atoms with E-state index in [4.69, 9.17) is 0 Å². The average Bonchev–Trinajstić information content (AvgIpc) is 2.67. The Bertz CT molecular complexity index is 292. The van der Waals surface area contributed by atoms with Crippen molar-refractivity contribution in [2.75, 3.05) is 18.9 Å². The Labute approximate surface area is 86.5 Å². The number of hydrogen-bond acceptors (Lipinski definition) is 2. The molecule has 1 aromatic rings. The molecule has 0 saturated heterocycles. The molecule has 1 aliphatic rings. The van der Waals surface area contributed by atoms with Crippen LogP contribution in [0.15, 0.2) is 18.2 Å². The first kappa shape index (κ1) is 11.1. The molecule has 14 heavy (non-hydrogen) atoms. The molecule has 0 spiro atoms. The van der Waals surface area contributed by atoms with Crippen molar-refractivity contribution < 1.29 is 0 Å². The maximum absolute atomic E-state index is 4.50. The fourth-order valence-corrected chi connectivity index (χ4v) is 1.68. The Morgan fingerprint density at radius 2 is 2.00 bits per heavy atom. The number of fused-ring (bicyclic) bond motifs is 1. The molecule has 0 bridgehead atoms. The highest BCUT2D eigenvalue weighted by atomic mass is 14.9. The van der Waals surface area contributed by atoms with Crippen LogP contribution in [-0.4, -0.2) is 13.6 Å². The Balaban J connectivity index is 0.000000461. The lowest BCUT2D eigenvalue weighted by atomic mass is 10.00. The van der Waals surface area contributed by atoms with Gasteiger partial charge in [0.2, 0.25) is 0 Å². The molecule has 1 aromatic carbocycles. The van der Waals surface area contributed by atoms with Crippen LogP contribution in [0.4, 0.5) is 5.69 Å². The van der Waals surface area contributed by atoms with Gasteiger partial charge >= 0.3 is 0 Å². The van der Waals surface area contributed by atoms with E-state index in [1.165, 1.54) is 30.3 Å². The minimum atomic E-state index is 0.649. The van der Waals surface area contributed by atoms with Crippen molar-refractivity contribution >= 4 is 5.69 Å². The second kappa shape index (κ2) is 5.01. The second-order valence-corrected chi connectivity index (χ2v) is 3.75. The highest BCUT2D eigenvalue weighted by Crippen LogP contribution is 2.25. The zero-order valence-electron chi connectivity index (χ0n) is 9.30. The molecule has 2 heteroatoms. The zero-order chi connectivity index (χ0) is 10.6. The first-order valence-corrected chi connectivity index (χ1v) is 5.22. The standard InChI is InChI=1S/C11H15N.CH5N/c1-8(2)9-3-4-11-10(7-9)5-6-12-11;1-2/h3-4,7-8,12H,5-6H2,1-2H3;2H2,1H3. The van der Waals surface area contributed by atoms with E-state index >= 15 is 0 Å². The van der Waals surface area contributed by atoms with Crippen molar-refractivity contribution in [2.45, 2.75) is 26.2 Å². The van der Waals surface area contributed by atoms with E-state index < -0.39 is 0 Å². The Hall–Kier alpha value is -1.02. The molecule has 0 amide bonds. The molecule has 78 valence electrons. The summed E-state index contributed by atoms with van der Waals surface area (Å²) in [4.78, 5) is 0. The van der Waals surface area contributed by atoms with Crippen molar-refractivity contribution in [1.29, 1.82) is 0 Å². The smallest absolute Gasteiger partial charge is 0.0373 e. The molecule has 2 nitrogen and oxygen atoms in total. The first-order valence-electron chi connectivity index (χ1n) is 5.22. The number of nitrogens with one attached hydrogen (secondary N) is 1. The van der Waals surface area contributed by atoms with E-state index in [1.54, 1.807) is 0 Å². The van der Waals surface area contributed by atoms with Crippen LogP contribution in [0.1, 0.15) is 30.9 Å². The monoisotopic (exact) mass is 192 g/mol. The van der Waals surface area contributed by atoms with Crippen LogP contribution >= 0.6 is 0 Å². The molecular formula is C12H20N2. The predicted molar refractivity (Wildman–Crippen MR) is 62.8 cm³/mol. The van der Waals surface area contributed by atoms with Crippen LogP contribution in [0, 0.1) is 0 Å². The summed E-state index contributed by atoms with van der Waals surface area (Å²) in [6.07, 6.45) is 1.19. The van der Waals surface area contributed by atoms with Gasteiger partial charge in [-0.25, -0.2) is 0 Å². The number of benzene rings is 1. The Morgan fingerprint density at radius 3 is 2.64 bits per heavy atom. The van der Waals surface area contributed by atoms with Gasteiger partial charge in [0.1, 0.15) is 0 Å². The summed E-state index contributed by atoms with van der Waals surface area (Å²) in [7, 11) is 1.50. The van der Waals surface area contributed by atoms with Crippen LogP contribution in [0.25, 0.3) is 0 Å². The number of anilines is 1. The molecule has 0 radical (unpaired) electrons. The van der Waals surface area contributed by atoms with E-state index in [0.29, 0.717) is 5.92 Å². The van der Waals surface area contributed by atoms with Crippen molar-refractivity contribution in [3.8, 4) is 0 Å². The van der Waals surface area contributed by atoms with Crippen molar-refractivity contribution in [1.82, 2.24) is 0 Å². The van der Waals surface area contributed by atoms with Gasteiger partial charge in [-0.05, 0) is 36.6 Å². The molecule has 1 heterocycles. The van der Waals surface area contributed by atoms with E-state index in [2.05, 4.69) is 43.1 Å². The third-order valence-corrected chi connectivity index (χ3v) is 2.51. The summed E-state index contributed by atoms with van der Waals surface area (Å²) < 4.78 is 0. The molecule has 0 atom stereocenters. The molecule has 0 saturated carbocycles. The van der Waals surface area contributed by atoms with Crippen molar-refractivity contribution in [3.63, 3.8) is 0 Å². The van der Waals surface area contributed by atoms with Gasteiger partial charge in [0.15, 0.2) is 0 Å². The van der Waals surface area contributed by atoms with Gasteiger partial charge in [0.05, 0.1) is 0 Å². The highest BCUT2D eigenvalue weighted by Gasteiger charge is 2.10. The third kappa shape index (κ3) is 2.26. The van der Waals surface area contributed by atoms with E-state index in [-0.39, 0.29) is 0 Å². The Kier molecular flexibility index (Phi) is 3.96. The van der Waals surface area contributed by atoms with Crippen LogP contribution in [-0.2, 0) is 6.42 Å². The lowest BCUT2D eigenvalue weighted by Gasteiger charge is -2.07. The van der Waals surface area contributed by atoms with E-state index in [0.717, 1.165) is 6.54 Å². The van der Waals surface area contributed by atoms with Crippen LogP contribution < -0.4 is 11.1 Å². The number of hydrogen-bond donors (Lipinski definition) is 2. The van der Waals surface area contributed by atoms with Crippen molar-refractivity contribution in [2.24, 2.45) is 5.73 Å². The lowest BCUT2D eigenvalue weighted by Crippen LogP contribution is -1.90. The number of nitrogens with two attached hydrogens (primary N) is 1. The lowest BCUT2D eigenvalue weighted by molar-refractivity contribution is 0.864. The second-order valence-electron chi connectivity index (χ2n) is 3.75. The van der Waals surface area contributed by atoms with E-state index in [9.17, 15) is 0 Å². The SMILES string of the molecule is CC(C)c1ccc2c(c1)CCN2.CN. The van der Waals surface area contributed by atoms with Crippen molar-refractivity contribution in [3.05, 3.63) is 29.3 Å². The number of rotatable bonds is 1. The van der Waals surface area contributed by atoms with Gasteiger partial charge in [0.25, 0.3) is 0 Å². The molecule has 0 aromatic heterocycles. The molecular weight excluding hydrogens is 172 g/mol. The van der Waals surface area contributed by atoms with Gasteiger partial charge in [-0.3, -0.25) is 0 Å². The summed E-state index contributed by atoms with van der Waals surface area (Å²) in [5.74, 6) is 0.649.